The van der Waals surface area contributed by atoms with Gasteiger partial charge in [-0.1, -0.05) is 0 Å². The number of hydrogen-bond donors (Lipinski definition) is 1. The average molecular weight is 212 g/mol. The Kier molecular flexibility index (Phi) is 1.46. The van der Waals surface area contributed by atoms with Gasteiger partial charge < -0.3 is 5.11 Å². The van der Waals surface area contributed by atoms with Crippen LogP contribution < -0.4 is 0 Å². The second kappa shape index (κ2) is 2.34. The number of phenolic OH excluding ortho intramolecular Hbond substituents is 1. The number of phenols is 1. The van der Waals surface area contributed by atoms with Crippen molar-refractivity contribution < 1.29 is 5.11 Å². The van der Waals surface area contributed by atoms with Gasteiger partial charge in [0.25, 0.3) is 0 Å². The van der Waals surface area contributed by atoms with Crippen LogP contribution in [0.5, 0.6) is 5.75 Å². The number of aromatic hydroxyl groups is 1. The molecule has 0 saturated heterocycles. The molecule has 0 aliphatic carbocycles. The standard InChI is InChI=1S/C8H6BrNO/c9-7-1-5-3-10-4-6(5)2-8(7)11/h1-3,11H,4H2. The second-order valence-electron chi connectivity index (χ2n) is 2.47. The lowest BCUT2D eigenvalue weighted by Crippen LogP contribution is -1.83. The van der Waals surface area contributed by atoms with Crippen LogP contribution in [-0.2, 0) is 6.54 Å². The van der Waals surface area contributed by atoms with Crippen LogP contribution in [-0.4, -0.2) is 11.3 Å². The van der Waals surface area contributed by atoms with Crippen molar-refractivity contribution in [2.75, 3.05) is 0 Å². The highest BCUT2D eigenvalue weighted by Crippen LogP contribution is 2.28. The Bertz CT molecular complexity index is 333. The summed E-state index contributed by atoms with van der Waals surface area (Å²) in [6.45, 7) is 0.691. The van der Waals surface area contributed by atoms with Crippen molar-refractivity contribution in [3.63, 3.8) is 0 Å². The zero-order valence-corrected chi connectivity index (χ0v) is 7.30. The topological polar surface area (TPSA) is 32.6 Å². The Hall–Kier alpha value is -0.830. The van der Waals surface area contributed by atoms with Crippen LogP contribution in [0, 0.1) is 0 Å². The first-order chi connectivity index (χ1) is 5.27. The number of nitrogens with zero attached hydrogens (tertiary/aromatic N) is 1. The maximum absolute atomic E-state index is 9.28. The Labute approximate surface area is 72.7 Å². The number of fused-ring (bicyclic) bond motifs is 1. The summed E-state index contributed by atoms with van der Waals surface area (Å²) in [6.07, 6.45) is 1.82. The van der Waals surface area contributed by atoms with Crippen LogP contribution in [0.15, 0.2) is 21.6 Å². The predicted octanol–water partition coefficient (Wildman–Crippen LogP) is 2.09. The Balaban J connectivity index is 2.63. The highest BCUT2D eigenvalue weighted by molar-refractivity contribution is 9.10. The fraction of sp³-hybridized carbons (Fsp3) is 0.125. The largest absolute Gasteiger partial charge is 0.507 e. The molecule has 3 heteroatoms. The summed E-state index contributed by atoms with van der Waals surface area (Å²) in [4.78, 5) is 4.08. The molecule has 1 aliphatic rings. The van der Waals surface area contributed by atoms with Gasteiger partial charge in [0.1, 0.15) is 5.75 Å². The molecule has 0 fully saturated rings. The smallest absolute Gasteiger partial charge is 0.130 e. The molecule has 1 aliphatic heterocycles. The van der Waals surface area contributed by atoms with Crippen molar-refractivity contribution >= 4 is 22.1 Å². The molecular weight excluding hydrogens is 206 g/mol. The van der Waals surface area contributed by atoms with Gasteiger partial charge in [-0.2, -0.15) is 0 Å². The van der Waals surface area contributed by atoms with E-state index in [0.29, 0.717) is 6.54 Å². The van der Waals surface area contributed by atoms with Gasteiger partial charge in [-0.05, 0) is 39.2 Å². The molecule has 56 valence electrons. The van der Waals surface area contributed by atoms with E-state index in [4.69, 9.17) is 0 Å². The first kappa shape index (κ1) is 6.85. The molecule has 0 amide bonds. The molecule has 0 radical (unpaired) electrons. The summed E-state index contributed by atoms with van der Waals surface area (Å²) in [7, 11) is 0. The quantitative estimate of drug-likeness (QED) is 0.701. The molecule has 1 N–H and O–H groups in total. The Morgan fingerprint density at radius 3 is 3.09 bits per heavy atom. The minimum Gasteiger partial charge on any atom is -0.507 e. The molecule has 1 aromatic rings. The molecule has 0 spiro atoms. The number of hydrogen-bond acceptors (Lipinski definition) is 2. The van der Waals surface area contributed by atoms with Crippen LogP contribution in [0.4, 0.5) is 0 Å². The molecule has 0 atom stereocenters. The molecule has 0 unspecified atom stereocenters. The van der Waals surface area contributed by atoms with Crippen LogP contribution in [0.1, 0.15) is 11.1 Å². The van der Waals surface area contributed by atoms with Crippen LogP contribution >= 0.6 is 15.9 Å². The number of rotatable bonds is 0. The van der Waals surface area contributed by atoms with E-state index in [1.165, 1.54) is 0 Å². The van der Waals surface area contributed by atoms with Crippen molar-refractivity contribution in [2.24, 2.45) is 4.99 Å². The van der Waals surface area contributed by atoms with Crippen LogP contribution in [0.2, 0.25) is 0 Å². The third kappa shape index (κ3) is 1.05. The third-order valence-corrected chi connectivity index (χ3v) is 2.34. The molecule has 0 saturated carbocycles. The Morgan fingerprint density at radius 2 is 2.27 bits per heavy atom. The van der Waals surface area contributed by atoms with E-state index in [1.54, 1.807) is 6.07 Å². The highest BCUT2D eigenvalue weighted by Gasteiger charge is 2.08. The number of halogens is 1. The van der Waals surface area contributed by atoms with Crippen molar-refractivity contribution in [3.05, 3.63) is 27.7 Å². The fourth-order valence-electron chi connectivity index (χ4n) is 1.12. The summed E-state index contributed by atoms with van der Waals surface area (Å²) >= 11 is 3.24. The van der Waals surface area contributed by atoms with Crippen molar-refractivity contribution in [3.8, 4) is 5.75 Å². The number of aliphatic imine (C=N–C) groups is 1. The van der Waals surface area contributed by atoms with E-state index >= 15 is 0 Å². The summed E-state index contributed by atoms with van der Waals surface area (Å²) in [5, 5.41) is 9.28. The summed E-state index contributed by atoms with van der Waals surface area (Å²) in [5.74, 6) is 0.286. The average Bonchev–Trinajstić information content (AvgIpc) is 2.36. The van der Waals surface area contributed by atoms with Gasteiger partial charge in [-0.15, -0.1) is 0 Å². The lowest BCUT2D eigenvalue weighted by atomic mass is 10.1. The number of benzene rings is 1. The Morgan fingerprint density at radius 1 is 1.45 bits per heavy atom. The molecule has 1 aromatic carbocycles. The lowest BCUT2D eigenvalue weighted by molar-refractivity contribution is 0.471. The normalized spacial score (nSPS) is 13.5. The fourth-order valence-corrected chi connectivity index (χ4v) is 1.48. The molecule has 2 rings (SSSR count). The van der Waals surface area contributed by atoms with Gasteiger partial charge in [-0.3, -0.25) is 4.99 Å². The van der Waals surface area contributed by atoms with Crippen molar-refractivity contribution in [2.45, 2.75) is 6.54 Å². The molecule has 11 heavy (non-hydrogen) atoms. The van der Waals surface area contributed by atoms with Gasteiger partial charge in [0.05, 0.1) is 11.0 Å². The molecule has 0 bridgehead atoms. The lowest BCUT2D eigenvalue weighted by Gasteiger charge is -2.00. The van der Waals surface area contributed by atoms with Crippen molar-refractivity contribution in [1.82, 2.24) is 0 Å². The zero-order valence-electron chi connectivity index (χ0n) is 5.71. The summed E-state index contributed by atoms with van der Waals surface area (Å²) in [6, 6.07) is 3.62. The zero-order chi connectivity index (χ0) is 7.84. The first-order valence-electron chi connectivity index (χ1n) is 3.28. The minimum absolute atomic E-state index is 0.286. The van der Waals surface area contributed by atoms with Gasteiger partial charge in [0.15, 0.2) is 0 Å². The molecule has 2 nitrogen and oxygen atoms in total. The maximum Gasteiger partial charge on any atom is 0.130 e. The highest BCUT2D eigenvalue weighted by atomic mass is 79.9. The predicted molar refractivity (Wildman–Crippen MR) is 47.1 cm³/mol. The van der Waals surface area contributed by atoms with E-state index in [-0.39, 0.29) is 5.75 Å². The van der Waals surface area contributed by atoms with Crippen LogP contribution in [0.3, 0.4) is 0 Å². The van der Waals surface area contributed by atoms with Gasteiger partial charge in [0.2, 0.25) is 0 Å². The molecule has 1 heterocycles. The van der Waals surface area contributed by atoms with Crippen LogP contribution in [0.25, 0.3) is 0 Å². The molecular formula is C8H6BrNO. The maximum atomic E-state index is 9.28. The van der Waals surface area contributed by atoms with E-state index in [9.17, 15) is 5.11 Å². The molecule has 0 aromatic heterocycles. The summed E-state index contributed by atoms with van der Waals surface area (Å²) < 4.78 is 0.726. The summed E-state index contributed by atoms with van der Waals surface area (Å²) in [5.41, 5.74) is 2.18. The van der Waals surface area contributed by atoms with Gasteiger partial charge in [0, 0.05) is 6.21 Å². The minimum atomic E-state index is 0.286. The van der Waals surface area contributed by atoms with Gasteiger partial charge in [-0.25, -0.2) is 0 Å². The monoisotopic (exact) mass is 211 g/mol. The van der Waals surface area contributed by atoms with E-state index in [1.807, 2.05) is 12.3 Å². The van der Waals surface area contributed by atoms with Gasteiger partial charge >= 0.3 is 0 Å². The third-order valence-electron chi connectivity index (χ3n) is 1.70. The van der Waals surface area contributed by atoms with Crippen molar-refractivity contribution in [1.29, 1.82) is 0 Å². The van der Waals surface area contributed by atoms with E-state index < -0.39 is 0 Å². The first-order valence-corrected chi connectivity index (χ1v) is 4.08. The van der Waals surface area contributed by atoms with E-state index in [0.717, 1.165) is 15.6 Å². The SMILES string of the molecule is Oc1cc2c(cc1Br)C=NC2. The van der Waals surface area contributed by atoms with E-state index in [2.05, 4.69) is 20.9 Å². The second-order valence-corrected chi connectivity index (χ2v) is 3.33.